The van der Waals surface area contributed by atoms with Gasteiger partial charge in [-0.2, -0.15) is 0 Å². The molecule has 0 amide bonds. The van der Waals surface area contributed by atoms with Gasteiger partial charge in [-0.05, 0) is 66.4 Å². The Bertz CT molecular complexity index is 463. The van der Waals surface area contributed by atoms with Gasteiger partial charge in [0.2, 0.25) is 0 Å². The van der Waals surface area contributed by atoms with Gasteiger partial charge in [0.15, 0.2) is 0 Å². The molecule has 2 heterocycles. The summed E-state index contributed by atoms with van der Waals surface area (Å²) >= 11 is 3.26. The van der Waals surface area contributed by atoms with Crippen molar-refractivity contribution in [1.29, 1.82) is 0 Å². The summed E-state index contributed by atoms with van der Waals surface area (Å²) in [6, 6.07) is 4.65. The van der Waals surface area contributed by atoms with Crippen LogP contribution in [-0.2, 0) is 0 Å². The number of hydrogen-bond acceptors (Lipinski definition) is 2. The second-order valence-corrected chi connectivity index (χ2v) is 6.22. The minimum Gasteiger partial charge on any atom is -0.380 e. The molecule has 98 valence electrons. The zero-order chi connectivity index (χ0) is 12.7. The van der Waals surface area contributed by atoms with E-state index in [4.69, 9.17) is 0 Å². The van der Waals surface area contributed by atoms with Gasteiger partial charge in [0.25, 0.3) is 0 Å². The molecule has 2 atom stereocenters. The number of anilines is 1. The van der Waals surface area contributed by atoms with Crippen molar-refractivity contribution >= 4 is 21.6 Å². The summed E-state index contributed by atoms with van der Waals surface area (Å²) in [7, 11) is 0. The van der Waals surface area contributed by atoms with Crippen molar-refractivity contribution in [2.24, 2.45) is 0 Å². The van der Waals surface area contributed by atoms with Crippen LogP contribution in [0.1, 0.15) is 24.8 Å². The van der Waals surface area contributed by atoms with Gasteiger partial charge in [-0.25, -0.2) is 4.39 Å². The molecule has 2 unspecified atom stereocenters. The predicted octanol–water partition coefficient (Wildman–Crippen LogP) is 3.55. The molecule has 1 N–H and O–H groups in total. The maximum atomic E-state index is 13.4. The van der Waals surface area contributed by atoms with Gasteiger partial charge in [0.1, 0.15) is 5.82 Å². The quantitative estimate of drug-likeness (QED) is 0.898. The van der Waals surface area contributed by atoms with E-state index in [1.165, 1.54) is 32.4 Å². The third-order valence-corrected chi connectivity index (χ3v) is 4.82. The van der Waals surface area contributed by atoms with Crippen LogP contribution in [0.4, 0.5) is 10.1 Å². The first-order chi connectivity index (χ1) is 8.65. The van der Waals surface area contributed by atoms with Crippen molar-refractivity contribution < 1.29 is 4.39 Å². The van der Waals surface area contributed by atoms with Crippen LogP contribution in [0.5, 0.6) is 0 Å². The molecular weight excluding hydrogens is 295 g/mol. The molecule has 2 saturated heterocycles. The molecule has 0 aliphatic carbocycles. The molecule has 1 aromatic carbocycles. The number of nitrogens with one attached hydrogen (secondary N) is 1. The highest BCUT2D eigenvalue weighted by atomic mass is 79.9. The molecule has 0 saturated carbocycles. The number of rotatable bonds is 2. The lowest BCUT2D eigenvalue weighted by molar-refractivity contribution is 0.318. The van der Waals surface area contributed by atoms with Crippen molar-refractivity contribution in [3.05, 3.63) is 28.0 Å². The van der Waals surface area contributed by atoms with Gasteiger partial charge >= 0.3 is 0 Å². The summed E-state index contributed by atoms with van der Waals surface area (Å²) in [5, 5.41) is 3.61. The highest BCUT2D eigenvalue weighted by molar-refractivity contribution is 9.10. The molecule has 2 fully saturated rings. The Balaban J connectivity index is 1.78. The van der Waals surface area contributed by atoms with Crippen LogP contribution in [0, 0.1) is 12.7 Å². The van der Waals surface area contributed by atoms with Gasteiger partial charge in [-0.3, -0.25) is 4.90 Å². The Morgan fingerprint density at radius 1 is 1.33 bits per heavy atom. The van der Waals surface area contributed by atoms with E-state index in [1.807, 2.05) is 13.0 Å². The van der Waals surface area contributed by atoms with Crippen LogP contribution in [-0.4, -0.2) is 30.1 Å². The largest absolute Gasteiger partial charge is 0.380 e. The SMILES string of the molecule is Cc1cc(F)c(Br)cc1NC1CCN2CCCC12. The first-order valence-electron chi connectivity index (χ1n) is 6.61. The van der Waals surface area contributed by atoms with Gasteiger partial charge in [0, 0.05) is 24.3 Å². The van der Waals surface area contributed by atoms with E-state index in [2.05, 4.69) is 26.1 Å². The molecule has 18 heavy (non-hydrogen) atoms. The predicted molar refractivity (Wildman–Crippen MR) is 75.5 cm³/mol. The second-order valence-electron chi connectivity index (χ2n) is 5.37. The van der Waals surface area contributed by atoms with E-state index in [0.717, 1.165) is 11.3 Å². The minimum atomic E-state index is -0.188. The maximum Gasteiger partial charge on any atom is 0.137 e. The van der Waals surface area contributed by atoms with E-state index in [0.29, 0.717) is 16.6 Å². The number of aryl methyl sites for hydroxylation is 1. The fourth-order valence-corrected chi connectivity index (χ4v) is 3.60. The second kappa shape index (κ2) is 4.82. The Labute approximate surface area is 116 Å². The topological polar surface area (TPSA) is 15.3 Å². The lowest BCUT2D eigenvalue weighted by Crippen LogP contribution is -2.33. The smallest absolute Gasteiger partial charge is 0.137 e. The first-order valence-corrected chi connectivity index (χ1v) is 7.40. The van der Waals surface area contributed by atoms with E-state index >= 15 is 0 Å². The summed E-state index contributed by atoms with van der Waals surface area (Å²) in [4.78, 5) is 2.57. The van der Waals surface area contributed by atoms with E-state index in [9.17, 15) is 4.39 Å². The molecule has 0 radical (unpaired) electrons. The van der Waals surface area contributed by atoms with Crippen LogP contribution < -0.4 is 5.32 Å². The monoisotopic (exact) mass is 312 g/mol. The number of hydrogen-bond donors (Lipinski definition) is 1. The van der Waals surface area contributed by atoms with Crippen LogP contribution in [0.2, 0.25) is 0 Å². The summed E-state index contributed by atoms with van der Waals surface area (Å²) < 4.78 is 13.9. The van der Waals surface area contributed by atoms with E-state index < -0.39 is 0 Å². The van der Waals surface area contributed by atoms with Crippen LogP contribution >= 0.6 is 15.9 Å². The highest BCUT2D eigenvalue weighted by Gasteiger charge is 2.37. The summed E-state index contributed by atoms with van der Waals surface area (Å²) in [6.07, 6.45) is 3.80. The third-order valence-electron chi connectivity index (χ3n) is 4.21. The van der Waals surface area contributed by atoms with Gasteiger partial charge in [-0.15, -0.1) is 0 Å². The van der Waals surface area contributed by atoms with E-state index in [1.54, 1.807) is 6.07 Å². The lowest BCUT2D eigenvalue weighted by Gasteiger charge is -2.23. The van der Waals surface area contributed by atoms with Gasteiger partial charge in [-0.1, -0.05) is 0 Å². The van der Waals surface area contributed by atoms with Crippen molar-refractivity contribution in [2.45, 2.75) is 38.3 Å². The van der Waals surface area contributed by atoms with Gasteiger partial charge < -0.3 is 5.32 Å². The van der Waals surface area contributed by atoms with Crippen molar-refractivity contribution in [3.63, 3.8) is 0 Å². The molecule has 2 aliphatic heterocycles. The van der Waals surface area contributed by atoms with Crippen molar-refractivity contribution in [3.8, 4) is 0 Å². The summed E-state index contributed by atoms with van der Waals surface area (Å²) in [6.45, 7) is 4.40. The summed E-state index contributed by atoms with van der Waals surface area (Å²) in [5.41, 5.74) is 2.04. The van der Waals surface area contributed by atoms with Gasteiger partial charge in [0.05, 0.1) is 4.47 Å². The number of halogens is 2. The Morgan fingerprint density at radius 3 is 3.00 bits per heavy atom. The molecule has 0 bridgehead atoms. The molecule has 0 aromatic heterocycles. The lowest BCUT2D eigenvalue weighted by atomic mass is 10.1. The highest BCUT2D eigenvalue weighted by Crippen LogP contribution is 2.32. The third kappa shape index (κ3) is 2.16. The van der Waals surface area contributed by atoms with Crippen molar-refractivity contribution in [2.75, 3.05) is 18.4 Å². The molecule has 2 nitrogen and oxygen atoms in total. The van der Waals surface area contributed by atoms with Crippen LogP contribution in [0.3, 0.4) is 0 Å². The zero-order valence-electron chi connectivity index (χ0n) is 10.5. The molecule has 3 rings (SSSR count). The average molecular weight is 313 g/mol. The zero-order valence-corrected chi connectivity index (χ0v) is 12.1. The van der Waals surface area contributed by atoms with Crippen molar-refractivity contribution in [1.82, 2.24) is 4.90 Å². The fourth-order valence-electron chi connectivity index (χ4n) is 3.25. The average Bonchev–Trinajstić information content (AvgIpc) is 2.90. The standard InChI is InChI=1S/C14H18BrFN2/c1-9-7-11(16)10(15)8-13(9)17-12-4-6-18-5-2-3-14(12)18/h7-8,12,14,17H,2-6H2,1H3. The first kappa shape index (κ1) is 12.4. The normalized spacial score (nSPS) is 27.5. The molecule has 1 aromatic rings. The number of fused-ring (bicyclic) bond motifs is 1. The maximum absolute atomic E-state index is 13.4. The molecule has 2 aliphatic rings. The Morgan fingerprint density at radius 2 is 2.17 bits per heavy atom. The summed E-state index contributed by atoms with van der Waals surface area (Å²) in [5.74, 6) is -0.188. The Kier molecular flexibility index (Phi) is 3.32. The number of benzene rings is 1. The Hall–Kier alpha value is -0.610. The molecule has 4 heteroatoms. The van der Waals surface area contributed by atoms with Crippen LogP contribution in [0.25, 0.3) is 0 Å². The molecular formula is C14H18BrFN2. The number of nitrogens with zero attached hydrogens (tertiary/aromatic N) is 1. The van der Waals surface area contributed by atoms with Crippen LogP contribution in [0.15, 0.2) is 16.6 Å². The fraction of sp³-hybridized carbons (Fsp3) is 0.571. The van der Waals surface area contributed by atoms with E-state index in [-0.39, 0.29) is 5.82 Å². The minimum absolute atomic E-state index is 0.188. The molecule has 0 spiro atoms.